The molecule has 0 atom stereocenters. The summed E-state index contributed by atoms with van der Waals surface area (Å²) in [5.74, 6) is -0.255. The summed E-state index contributed by atoms with van der Waals surface area (Å²) in [6.07, 6.45) is 0. The molecule has 2 heterocycles. The van der Waals surface area contributed by atoms with E-state index in [9.17, 15) is 9.18 Å². The Kier molecular flexibility index (Phi) is 4.03. The van der Waals surface area contributed by atoms with Gasteiger partial charge in [0.25, 0.3) is 0 Å². The SMILES string of the molecule is O=c1oc(-c2ccc(F)cc2)nn1Cc1cc(Cl)cc2c1OCOC2. The van der Waals surface area contributed by atoms with E-state index >= 15 is 0 Å². The standard InChI is InChI=1S/C17H12ClFN2O4/c18-13-5-11(15-12(6-13)8-23-9-24-15)7-21-17(22)25-16(20-21)10-1-3-14(19)4-2-10/h1-6H,7-9H2. The molecule has 0 bridgehead atoms. The zero-order valence-corrected chi connectivity index (χ0v) is 13.6. The number of halogens is 2. The van der Waals surface area contributed by atoms with Crippen LogP contribution in [0.2, 0.25) is 5.02 Å². The van der Waals surface area contributed by atoms with Crippen molar-refractivity contribution in [2.24, 2.45) is 0 Å². The molecule has 3 aromatic rings. The Morgan fingerprint density at radius 2 is 2.04 bits per heavy atom. The van der Waals surface area contributed by atoms with Crippen molar-refractivity contribution < 1.29 is 18.3 Å². The van der Waals surface area contributed by atoms with Crippen molar-refractivity contribution in [2.75, 3.05) is 6.79 Å². The monoisotopic (exact) mass is 362 g/mol. The van der Waals surface area contributed by atoms with E-state index in [2.05, 4.69) is 5.10 Å². The van der Waals surface area contributed by atoms with Crippen molar-refractivity contribution in [3.63, 3.8) is 0 Å². The molecule has 25 heavy (non-hydrogen) atoms. The first-order valence-electron chi connectivity index (χ1n) is 7.46. The number of hydrogen-bond acceptors (Lipinski definition) is 5. The van der Waals surface area contributed by atoms with E-state index in [0.29, 0.717) is 28.5 Å². The smallest absolute Gasteiger partial charge is 0.437 e. The second-order valence-corrected chi connectivity index (χ2v) is 5.94. The minimum absolute atomic E-state index is 0.116. The Bertz CT molecular complexity index is 981. The predicted molar refractivity (Wildman–Crippen MR) is 87.0 cm³/mol. The van der Waals surface area contributed by atoms with Gasteiger partial charge in [-0.3, -0.25) is 0 Å². The van der Waals surface area contributed by atoms with Crippen molar-refractivity contribution in [3.05, 3.63) is 68.9 Å². The van der Waals surface area contributed by atoms with Crippen molar-refractivity contribution in [1.29, 1.82) is 0 Å². The fraction of sp³-hybridized carbons (Fsp3) is 0.176. The predicted octanol–water partition coefficient (Wildman–Crippen LogP) is 3.21. The van der Waals surface area contributed by atoms with Crippen LogP contribution in [0.3, 0.4) is 0 Å². The maximum Gasteiger partial charge on any atom is 0.437 e. The largest absolute Gasteiger partial charge is 0.467 e. The minimum Gasteiger partial charge on any atom is -0.467 e. The molecule has 0 saturated carbocycles. The van der Waals surface area contributed by atoms with E-state index in [-0.39, 0.29) is 25.0 Å². The zero-order valence-electron chi connectivity index (χ0n) is 12.9. The average Bonchev–Trinajstić information content (AvgIpc) is 2.96. The number of benzene rings is 2. The molecule has 8 heteroatoms. The highest BCUT2D eigenvalue weighted by Crippen LogP contribution is 2.32. The van der Waals surface area contributed by atoms with Crippen molar-refractivity contribution in [1.82, 2.24) is 9.78 Å². The molecule has 0 N–H and O–H groups in total. The molecule has 0 fully saturated rings. The Labute approximate surface area is 146 Å². The number of fused-ring (bicyclic) bond motifs is 1. The van der Waals surface area contributed by atoms with Crippen LogP contribution < -0.4 is 10.5 Å². The molecular weight excluding hydrogens is 351 g/mol. The van der Waals surface area contributed by atoms with Crippen LogP contribution in [0.5, 0.6) is 5.75 Å². The molecule has 0 saturated heterocycles. The van der Waals surface area contributed by atoms with E-state index in [0.717, 1.165) is 5.56 Å². The third-order valence-electron chi connectivity index (χ3n) is 3.77. The van der Waals surface area contributed by atoms with Gasteiger partial charge < -0.3 is 13.9 Å². The number of nitrogens with zero attached hydrogens (tertiary/aromatic N) is 2. The minimum atomic E-state index is -0.625. The van der Waals surface area contributed by atoms with Crippen LogP contribution in [-0.2, 0) is 17.9 Å². The van der Waals surface area contributed by atoms with E-state index in [1.54, 1.807) is 12.1 Å². The lowest BCUT2D eigenvalue weighted by Gasteiger charge is -2.20. The summed E-state index contributed by atoms with van der Waals surface area (Å²) in [4.78, 5) is 12.1. The lowest BCUT2D eigenvalue weighted by molar-refractivity contribution is -0.0171. The highest BCUT2D eigenvalue weighted by Gasteiger charge is 2.19. The zero-order chi connectivity index (χ0) is 17.4. The highest BCUT2D eigenvalue weighted by molar-refractivity contribution is 6.30. The van der Waals surface area contributed by atoms with Gasteiger partial charge in [-0.1, -0.05) is 11.6 Å². The van der Waals surface area contributed by atoms with Gasteiger partial charge in [0.2, 0.25) is 5.89 Å². The summed E-state index contributed by atoms with van der Waals surface area (Å²) < 4.78 is 30.1. The molecule has 4 rings (SSSR count). The third kappa shape index (κ3) is 3.16. The van der Waals surface area contributed by atoms with Crippen LogP contribution in [0, 0.1) is 5.82 Å². The van der Waals surface area contributed by atoms with Gasteiger partial charge in [0.1, 0.15) is 11.6 Å². The van der Waals surface area contributed by atoms with Crippen LogP contribution in [0.4, 0.5) is 4.39 Å². The molecule has 0 amide bonds. The van der Waals surface area contributed by atoms with Gasteiger partial charge in [0, 0.05) is 21.7 Å². The van der Waals surface area contributed by atoms with Crippen LogP contribution in [0.15, 0.2) is 45.6 Å². The summed E-state index contributed by atoms with van der Waals surface area (Å²) >= 11 is 6.13. The molecule has 6 nitrogen and oxygen atoms in total. The van der Waals surface area contributed by atoms with E-state index in [1.165, 1.54) is 28.9 Å². The number of rotatable bonds is 3. The molecule has 0 spiro atoms. The van der Waals surface area contributed by atoms with Crippen LogP contribution >= 0.6 is 11.6 Å². The van der Waals surface area contributed by atoms with Crippen LogP contribution in [0.1, 0.15) is 11.1 Å². The molecule has 0 radical (unpaired) electrons. The topological polar surface area (TPSA) is 66.5 Å². The van der Waals surface area contributed by atoms with Crippen molar-refractivity contribution >= 4 is 11.6 Å². The summed E-state index contributed by atoms with van der Waals surface area (Å²) in [5.41, 5.74) is 2.02. The number of aromatic nitrogens is 2. The quantitative estimate of drug-likeness (QED) is 0.715. The van der Waals surface area contributed by atoms with Gasteiger partial charge in [-0.05, 0) is 36.4 Å². The van der Waals surface area contributed by atoms with E-state index in [1.807, 2.05) is 0 Å². The van der Waals surface area contributed by atoms with Crippen molar-refractivity contribution in [2.45, 2.75) is 13.2 Å². The fourth-order valence-corrected chi connectivity index (χ4v) is 2.91. The summed E-state index contributed by atoms with van der Waals surface area (Å²) in [6, 6.07) is 9.00. The maximum atomic E-state index is 13.0. The molecule has 0 unspecified atom stereocenters. The van der Waals surface area contributed by atoms with Gasteiger partial charge in [-0.15, -0.1) is 5.10 Å². The van der Waals surface area contributed by atoms with Crippen LogP contribution in [-0.4, -0.2) is 16.6 Å². The van der Waals surface area contributed by atoms with Gasteiger partial charge in [0.15, 0.2) is 6.79 Å². The Morgan fingerprint density at radius 1 is 1.24 bits per heavy atom. The summed E-state index contributed by atoms with van der Waals surface area (Å²) in [7, 11) is 0. The molecule has 1 aromatic heterocycles. The first-order chi connectivity index (χ1) is 12.1. The van der Waals surface area contributed by atoms with Crippen molar-refractivity contribution in [3.8, 4) is 17.2 Å². The second kappa shape index (κ2) is 6.34. The normalized spacial score (nSPS) is 13.4. The molecule has 1 aliphatic heterocycles. The second-order valence-electron chi connectivity index (χ2n) is 5.50. The summed E-state index contributed by atoms with van der Waals surface area (Å²) in [6.45, 7) is 0.653. The Hall–Kier alpha value is -2.64. The Balaban J connectivity index is 1.69. The number of hydrogen-bond donors (Lipinski definition) is 0. The highest BCUT2D eigenvalue weighted by atomic mass is 35.5. The molecule has 0 aliphatic carbocycles. The number of ether oxygens (including phenoxy) is 2. The first kappa shape index (κ1) is 15.9. The molecule has 2 aromatic carbocycles. The maximum absolute atomic E-state index is 13.0. The van der Waals surface area contributed by atoms with E-state index < -0.39 is 5.76 Å². The molecule has 1 aliphatic rings. The molecule has 128 valence electrons. The fourth-order valence-electron chi connectivity index (χ4n) is 2.65. The van der Waals surface area contributed by atoms with Gasteiger partial charge >= 0.3 is 5.76 Å². The van der Waals surface area contributed by atoms with E-state index in [4.69, 9.17) is 25.5 Å². The van der Waals surface area contributed by atoms with Gasteiger partial charge in [-0.2, -0.15) is 4.68 Å². The molecular formula is C17H12ClFN2O4. The lowest BCUT2D eigenvalue weighted by atomic mass is 10.1. The third-order valence-corrected chi connectivity index (χ3v) is 3.99. The lowest BCUT2D eigenvalue weighted by Crippen LogP contribution is -2.19. The van der Waals surface area contributed by atoms with Crippen LogP contribution in [0.25, 0.3) is 11.5 Å². The summed E-state index contributed by atoms with van der Waals surface area (Å²) in [5, 5.41) is 4.68. The first-order valence-corrected chi connectivity index (χ1v) is 7.84. The average molecular weight is 363 g/mol. The van der Waals surface area contributed by atoms with Gasteiger partial charge in [-0.25, -0.2) is 9.18 Å². The van der Waals surface area contributed by atoms with Gasteiger partial charge in [0.05, 0.1) is 13.2 Å². The Morgan fingerprint density at radius 3 is 2.84 bits per heavy atom.